The first-order valence-corrected chi connectivity index (χ1v) is 5.95. The zero-order valence-corrected chi connectivity index (χ0v) is 11.2. The fourth-order valence-electron chi connectivity index (χ4n) is 1.81. The lowest BCUT2D eigenvalue weighted by Crippen LogP contribution is -2.42. The van der Waals surface area contributed by atoms with Crippen LogP contribution in [0.5, 0.6) is 0 Å². The quantitative estimate of drug-likeness (QED) is 0.259. The molecule has 0 saturated heterocycles. The average molecular weight is 264 g/mol. The van der Waals surface area contributed by atoms with Crippen LogP contribution in [0.4, 0.5) is 0 Å². The Morgan fingerprint density at radius 2 is 2.00 bits per heavy atom. The van der Waals surface area contributed by atoms with E-state index in [0.717, 1.165) is 5.56 Å². The average Bonchev–Trinajstić information content (AvgIpc) is 2.34. The predicted octanol–water partition coefficient (Wildman–Crippen LogP) is 0.525. The standard InChI is InChI=1S/C13H20N4O2/c1-13(2,7-11(14)18)16-8-9-5-3-4-6-10(9)12(15)17-19/h3-6,16,19H,7-8H2,1-2H3,(H2,14,18)(H2,15,17). The molecule has 0 unspecified atom stereocenters. The van der Waals surface area contributed by atoms with Gasteiger partial charge in [0.15, 0.2) is 5.84 Å². The molecular weight excluding hydrogens is 244 g/mol. The molecule has 1 rings (SSSR count). The number of benzene rings is 1. The third-order valence-electron chi connectivity index (χ3n) is 2.77. The first-order valence-electron chi connectivity index (χ1n) is 5.95. The fraction of sp³-hybridized carbons (Fsp3) is 0.385. The summed E-state index contributed by atoms with van der Waals surface area (Å²) in [7, 11) is 0. The smallest absolute Gasteiger partial charge is 0.219 e. The molecule has 0 aromatic heterocycles. The van der Waals surface area contributed by atoms with E-state index in [4.69, 9.17) is 16.7 Å². The summed E-state index contributed by atoms with van der Waals surface area (Å²) in [5.74, 6) is -0.299. The van der Waals surface area contributed by atoms with Gasteiger partial charge in [-0.25, -0.2) is 0 Å². The summed E-state index contributed by atoms with van der Waals surface area (Å²) >= 11 is 0. The van der Waals surface area contributed by atoms with E-state index in [1.807, 2.05) is 32.0 Å². The van der Waals surface area contributed by atoms with Crippen LogP contribution in [0.3, 0.4) is 0 Å². The Labute approximate surface area is 112 Å². The summed E-state index contributed by atoms with van der Waals surface area (Å²) in [6.45, 7) is 4.28. The molecule has 0 aliphatic carbocycles. The Bertz CT molecular complexity index is 483. The molecule has 1 aromatic carbocycles. The number of amidine groups is 1. The summed E-state index contributed by atoms with van der Waals surface area (Å²) in [4.78, 5) is 11.0. The van der Waals surface area contributed by atoms with Crippen molar-refractivity contribution in [2.75, 3.05) is 0 Å². The van der Waals surface area contributed by atoms with Crippen LogP contribution in [0, 0.1) is 0 Å². The highest BCUT2D eigenvalue weighted by Crippen LogP contribution is 2.12. The molecule has 0 fully saturated rings. The molecule has 0 aliphatic rings. The van der Waals surface area contributed by atoms with E-state index in [1.165, 1.54) is 0 Å². The highest BCUT2D eigenvalue weighted by atomic mass is 16.4. The molecule has 0 heterocycles. The predicted molar refractivity (Wildman–Crippen MR) is 73.7 cm³/mol. The molecule has 1 aromatic rings. The van der Waals surface area contributed by atoms with Crippen LogP contribution in [-0.4, -0.2) is 22.5 Å². The van der Waals surface area contributed by atoms with E-state index < -0.39 is 5.54 Å². The largest absolute Gasteiger partial charge is 0.409 e. The van der Waals surface area contributed by atoms with E-state index in [-0.39, 0.29) is 18.2 Å². The number of amides is 1. The fourth-order valence-corrected chi connectivity index (χ4v) is 1.81. The van der Waals surface area contributed by atoms with Crippen LogP contribution in [0.1, 0.15) is 31.4 Å². The zero-order chi connectivity index (χ0) is 14.5. The van der Waals surface area contributed by atoms with Crippen LogP contribution in [0.15, 0.2) is 29.4 Å². The van der Waals surface area contributed by atoms with E-state index in [9.17, 15) is 4.79 Å². The van der Waals surface area contributed by atoms with E-state index in [0.29, 0.717) is 12.1 Å². The first kappa shape index (κ1) is 15.0. The molecular formula is C13H20N4O2. The minimum atomic E-state index is -0.413. The summed E-state index contributed by atoms with van der Waals surface area (Å²) in [5.41, 5.74) is 11.9. The molecule has 0 radical (unpaired) electrons. The van der Waals surface area contributed by atoms with Crippen molar-refractivity contribution in [3.8, 4) is 0 Å². The van der Waals surface area contributed by atoms with Gasteiger partial charge in [-0.15, -0.1) is 0 Å². The molecule has 104 valence electrons. The molecule has 0 atom stereocenters. The lowest BCUT2D eigenvalue weighted by atomic mass is 9.99. The van der Waals surface area contributed by atoms with E-state index >= 15 is 0 Å². The molecule has 6 nitrogen and oxygen atoms in total. The number of oxime groups is 1. The van der Waals surface area contributed by atoms with Crippen molar-refractivity contribution < 1.29 is 10.0 Å². The van der Waals surface area contributed by atoms with Crippen molar-refractivity contribution in [1.29, 1.82) is 0 Å². The van der Waals surface area contributed by atoms with Crippen molar-refractivity contribution in [1.82, 2.24) is 5.32 Å². The summed E-state index contributed by atoms with van der Waals surface area (Å²) in [5, 5.41) is 15.0. The Balaban J connectivity index is 2.81. The Morgan fingerprint density at radius 3 is 2.58 bits per heavy atom. The van der Waals surface area contributed by atoms with Gasteiger partial charge in [-0.05, 0) is 19.4 Å². The lowest BCUT2D eigenvalue weighted by molar-refractivity contribution is -0.119. The van der Waals surface area contributed by atoms with Gasteiger partial charge in [-0.3, -0.25) is 4.79 Å². The molecule has 0 bridgehead atoms. The van der Waals surface area contributed by atoms with Gasteiger partial charge >= 0.3 is 0 Å². The van der Waals surface area contributed by atoms with Crippen molar-refractivity contribution in [2.45, 2.75) is 32.4 Å². The van der Waals surface area contributed by atoms with Gasteiger partial charge in [0.25, 0.3) is 0 Å². The molecule has 6 N–H and O–H groups in total. The molecule has 6 heteroatoms. The van der Waals surface area contributed by atoms with E-state index in [1.54, 1.807) is 6.07 Å². The molecule has 0 saturated carbocycles. The Hall–Kier alpha value is -2.08. The van der Waals surface area contributed by atoms with Crippen LogP contribution >= 0.6 is 0 Å². The zero-order valence-electron chi connectivity index (χ0n) is 11.2. The highest BCUT2D eigenvalue weighted by molar-refractivity contribution is 5.98. The number of primary amides is 1. The van der Waals surface area contributed by atoms with Gasteiger partial charge in [-0.2, -0.15) is 0 Å². The van der Waals surface area contributed by atoms with E-state index in [2.05, 4.69) is 10.5 Å². The third kappa shape index (κ3) is 4.59. The summed E-state index contributed by atoms with van der Waals surface area (Å²) in [6.07, 6.45) is 0.235. The SMILES string of the molecule is CC(C)(CC(N)=O)NCc1ccccc1/C(N)=N/O. The number of carbonyl (C=O) groups is 1. The lowest BCUT2D eigenvalue weighted by Gasteiger charge is -2.25. The van der Waals surface area contributed by atoms with Crippen LogP contribution in [0.25, 0.3) is 0 Å². The highest BCUT2D eigenvalue weighted by Gasteiger charge is 2.20. The van der Waals surface area contributed by atoms with Crippen molar-refractivity contribution in [2.24, 2.45) is 16.6 Å². The van der Waals surface area contributed by atoms with Gasteiger partial charge in [0, 0.05) is 24.1 Å². The Kier molecular flexibility index (Phi) is 4.88. The minimum Gasteiger partial charge on any atom is -0.409 e. The second kappa shape index (κ2) is 6.19. The summed E-state index contributed by atoms with van der Waals surface area (Å²) in [6, 6.07) is 7.32. The topological polar surface area (TPSA) is 114 Å². The van der Waals surface area contributed by atoms with Gasteiger partial charge in [-0.1, -0.05) is 29.4 Å². The second-order valence-electron chi connectivity index (χ2n) is 5.02. The third-order valence-corrected chi connectivity index (χ3v) is 2.77. The number of nitrogens with one attached hydrogen (secondary N) is 1. The van der Waals surface area contributed by atoms with Crippen LogP contribution in [0.2, 0.25) is 0 Å². The van der Waals surface area contributed by atoms with Gasteiger partial charge in [0.2, 0.25) is 5.91 Å². The maximum atomic E-state index is 11.0. The Morgan fingerprint density at radius 1 is 1.37 bits per heavy atom. The first-order chi connectivity index (χ1) is 8.85. The van der Waals surface area contributed by atoms with Crippen LogP contribution < -0.4 is 16.8 Å². The number of nitrogens with two attached hydrogens (primary N) is 2. The number of carbonyl (C=O) groups excluding carboxylic acids is 1. The van der Waals surface area contributed by atoms with Gasteiger partial charge < -0.3 is 22.0 Å². The molecule has 1 amide bonds. The van der Waals surface area contributed by atoms with Crippen molar-refractivity contribution in [3.63, 3.8) is 0 Å². The van der Waals surface area contributed by atoms with Crippen LogP contribution in [-0.2, 0) is 11.3 Å². The van der Waals surface area contributed by atoms with Gasteiger partial charge in [0.1, 0.15) is 0 Å². The number of nitrogens with zero attached hydrogens (tertiary/aromatic N) is 1. The minimum absolute atomic E-state index is 0.0603. The van der Waals surface area contributed by atoms with Gasteiger partial charge in [0.05, 0.1) is 0 Å². The second-order valence-corrected chi connectivity index (χ2v) is 5.02. The maximum absolute atomic E-state index is 11.0. The number of hydrogen-bond donors (Lipinski definition) is 4. The normalized spacial score (nSPS) is 12.4. The van der Waals surface area contributed by atoms with Crippen molar-refractivity contribution in [3.05, 3.63) is 35.4 Å². The molecule has 0 spiro atoms. The molecule has 19 heavy (non-hydrogen) atoms. The summed E-state index contributed by atoms with van der Waals surface area (Å²) < 4.78 is 0. The molecule has 0 aliphatic heterocycles. The number of hydrogen-bond acceptors (Lipinski definition) is 4. The van der Waals surface area contributed by atoms with Crippen molar-refractivity contribution >= 4 is 11.7 Å². The maximum Gasteiger partial charge on any atom is 0.219 e. The monoisotopic (exact) mass is 264 g/mol. The number of rotatable bonds is 6.